The zero-order valence-electron chi connectivity index (χ0n) is 19.9. The second kappa shape index (κ2) is 11.8. The summed E-state index contributed by atoms with van der Waals surface area (Å²) in [5.74, 6) is -0.987. The molecule has 0 amide bonds. The van der Waals surface area contributed by atoms with Crippen LogP contribution in [0, 0.1) is 0 Å². The van der Waals surface area contributed by atoms with Gasteiger partial charge in [-0.2, -0.15) is 0 Å². The minimum absolute atomic E-state index is 0.142. The molecular formula is C28H36BrNO4. The summed E-state index contributed by atoms with van der Waals surface area (Å²) in [6.07, 6.45) is 6.50. The van der Waals surface area contributed by atoms with Crippen LogP contribution in [0.2, 0.25) is 0 Å². The molecule has 2 unspecified atom stereocenters. The molecule has 5 nitrogen and oxygen atoms in total. The number of aliphatic hydroxyl groups excluding tert-OH is 1. The van der Waals surface area contributed by atoms with Gasteiger partial charge < -0.3 is 14.6 Å². The Balaban J connectivity index is 1.52. The van der Waals surface area contributed by atoms with E-state index in [1.54, 1.807) is 0 Å². The molecule has 5 atom stereocenters. The van der Waals surface area contributed by atoms with Gasteiger partial charge >= 0.3 is 5.97 Å². The van der Waals surface area contributed by atoms with Gasteiger partial charge in [0.25, 0.3) is 0 Å². The molecule has 6 heteroatoms. The van der Waals surface area contributed by atoms with E-state index < -0.39 is 5.92 Å². The Morgan fingerprint density at radius 1 is 1.18 bits per heavy atom. The molecule has 2 aromatic carbocycles. The van der Waals surface area contributed by atoms with Crippen molar-refractivity contribution >= 4 is 21.9 Å². The van der Waals surface area contributed by atoms with E-state index in [-0.39, 0.29) is 35.4 Å². The van der Waals surface area contributed by atoms with Crippen molar-refractivity contribution in [3.05, 3.63) is 71.8 Å². The highest BCUT2D eigenvalue weighted by molar-refractivity contribution is 9.09. The van der Waals surface area contributed by atoms with Gasteiger partial charge in [0.2, 0.25) is 0 Å². The van der Waals surface area contributed by atoms with Crippen molar-refractivity contribution in [1.82, 2.24) is 4.90 Å². The molecule has 2 fully saturated rings. The van der Waals surface area contributed by atoms with Crippen LogP contribution in [0.1, 0.15) is 62.5 Å². The number of ether oxygens (including phenoxy) is 2. The van der Waals surface area contributed by atoms with E-state index in [0.717, 1.165) is 57.1 Å². The maximum Gasteiger partial charge on any atom is 0.316 e. The van der Waals surface area contributed by atoms with E-state index in [2.05, 4.69) is 52.0 Å². The van der Waals surface area contributed by atoms with Crippen molar-refractivity contribution in [1.29, 1.82) is 0 Å². The quantitative estimate of drug-likeness (QED) is 0.182. The third-order valence-corrected chi connectivity index (χ3v) is 8.03. The highest BCUT2D eigenvalue weighted by Crippen LogP contribution is 2.49. The summed E-state index contributed by atoms with van der Waals surface area (Å²) in [5.41, 5.74) is 1.93. The number of halogens is 1. The van der Waals surface area contributed by atoms with Crippen LogP contribution in [0.5, 0.6) is 0 Å². The Kier molecular flexibility index (Phi) is 8.81. The number of carbonyl (C=O) groups excluding carboxylic acids is 1. The van der Waals surface area contributed by atoms with Gasteiger partial charge in [0.15, 0.2) is 5.14 Å². The minimum Gasteiger partial charge on any atom is -0.462 e. The van der Waals surface area contributed by atoms with Crippen molar-refractivity contribution in [2.75, 3.05) is 13.2 Å². The van der Waals surface area contributed by atoms with Gasteiger partial charge in [0, 0.05) is 31.0 Å². The number of nitrogens with zero attached hydrogens (tertiary/aromatic N) is 1. The lowest BCUT2D eigenvalue weighted by molar-refractivity contribution is -0.162. The van der Waals surface area contributed by atoms with E-state index in [9.17, 15) is 9.90 Å². The first kappa shape index (κ1) is 25.4. The first-order chi connectivity index (χ1) is 16.6. The van der Waals surface area contributed by atoms with Crippen LogP contribution in [0.25, 0.3) is 0 Å². The molecule has 184 valence electrons. The van der Waals surface area contributed by atoms with Crippen molar-refractivity contribution in [3.8, 4) is 0 Å². The molecule has 2 aromatic rings. The summed E-state index contributed by atoms with van der Waals surface area (Å²) in [4.78, 5) is 15.6. The van der Waals surface area contributed by atoms with Crippen molar-refractivity contribution in [2.45, 2.75) is 80.6 Å². The predicted molar refractivity (Wildman–Crippen MR) is 137 cm³/mol. The molecule has 0 saturated carbocycles. The normalized spacial score (nSPS) is 26.2. The van der Waals surface area contributed by atoms with Gasteiger partial charge in [-0.1, -0.05) is 74.0 Å². The molecule has 0 spiro atoms. The fourth-order valence-corrected chi connectivity index (χ4v) is 6.65. The first-order valence-electron chi connectivity index (χ1n) is 12.5. The molecule has 0 aliphatic carbocycles. The lowest BCUT2D eigenvalue weighted by Gasteiger charge is -2.49. The fraction of sp³-hybridized carbons (Fsp3) is 0.536. The number of fused-ring (bicyclic) bond motifs is 2. The van der Waals surface area contributed by atoms with Gasteiger partial charge in [0.1, 0.15) is 12.0 Å². The summed E-state index contributed by atoms with van der Waals surface area (Å²) in [6.45, 7) is 2.64. The number of aliphatic hydroxyl groups is 1. The van der Waals surface area contributed by atoms with Gasteiger partial charge in [0.05, 0.1) is 6.61 Å². The van der Waals surface area contributed by atoms with Gasteiger partial charge in [-0.15, -0.1) is 0 Å². The van der Waals surface area contributed by atoms with Crippen LogP contribution >= 0.6 is 15.9 Å². The molecule has 0 radical (unpaired) electrons. The molecule has 34 heavy (non-hydrogen) atoms. The van der Waals surface area contributed by atoms with Crippen molar-refractivity contribution < 1.29 is 19.4 Å². The average molecular weight is 531 g/mol. The zero-order valence-corrected chi connectivity index (χ0v) is 21.5. The SMILES string of the molecule is CCCCOC(Br)N1[C@@H]2CC[C@@]1(Cc1ccccc1)C[C@@H](OC(=O)C(CO)c1ccccc1)C2. The topological polar surface area (TPSA) is 59.0 Å². The Hall–Kier alpha value is -1.73. The number of hydrogen-bond acceptors (Lipinski definition) is 5. The van der Waals surface area contributed by atoms with Crippen molar-refractivity contribution in [3.63, 3.8) is 0 Å². The maximum atomic E-state index is 13.1. The third-order valence-electron chi connectivity index (χ3n) is 7.33. The highest BCUT2D eigenvalue weighted by atomic mass is 79.9. The lowest BCUT2D eigenvalue weighted by atomic mass is 9.81. The predicted octanol–water partition coefficient (Wildman–Crippen LogP) is 5.41. The molecule has 0 aromatic heterocycles. The number of alkyl halides is 1. The van der Waals surface area contributed by atoms with Crippen LogP contribution in [-0.4, -0.2) is 52.0 Å². The minimum atomic E-state index is -0.650. The van der Waals surface area contributed by atoms with Crippen molar-refractivity contribution in [2.24, 2.45) is 0 Å². The second-order valence-electron chi connectivity index (χ2n) is 9.65. The third kappa shape index (κ3) is 5.73. The maximum absolute atomic E-state index is 13.1. The summed E-state index contributed by atoms with van der Waals surface area (Å²) in [5, 5.41) is 9.78. The van der Waals surface area contributed by atoms with E-state index in [4.69, 9.17) is 9.47 Å². The van der Waals surface area contributed by atoms with Crippen LogP contribution in [0.4, 0.5) is 0 Å². The standard InChI is InChI=1S/C28H36BrNO4/c1-2-3-16-33-27(29)30-23-14-15-28(30,18-21-10-6-4-7-11-21)19-24(17-23)34-26(32)25(20-31)22-12-8-5-9-13-22/h4-13,23-25,27,31H,2-3,14-20H2,1H3/t23-,24+,25?,27?,28-/m1/s1. The van der Waals surface area contributed by atoms with Gasteiger partial charge in [-0.05, 0) is 52.7 Å². The highest BCUT2D eigenvalue weighted by Gasteiger charge is 2.55. The second-order valence-corrected chi connectivity index (χ2v) is 10.4. The molecule has 2 saturated heterocycles. The van der Waals surface area contributed by atoms with Crippen LogP contribution in [0.15, 0.2) is 60.7 Å². The van der Waals surface area contributed by atoms with E-state index in [1.165, 1.54) is 5.56 Å². The smallest absolute Gasteiger partial charge is 0.316 e. The molecule has 2 aliphatic rings. The summed E-state index contributed by atoms with van der Waals surface area (Å²) in [6, 6.07) is 20.2. The average Bonchev–Trinajstić information content (AvgIpc) is 3.08. The molecule has 2 heterocycles. The number of benzene rings is 2. The van der Waals surface area contributed by atoms with Crippen LogP contribution in [0.3, 0.4) is 0 Å². The number of carbonyl (C=O) groups is 1. The monoisotopic (exact) mass is 529 g/mol. The molecule has 4 rings (SSSR count). The Labute approximate surface area is 211 Å². The molecular weight excluding hydrogens is 494 g/mol. The molecule has 1 N–H and O–H groups in total. The Morgan fingerprint density at radius 2 is 1.88 bits per heavy atom. The van der Waals surface area contributed by atoms with Crippen LogP contribution in [-0.2, 0) is 20.7 Å². The van der Waals surface area contributed by atoms with Gasteiger partial charge in [-0.3, -0.25) is 9.69 Å². The first-order valence-corrected chi connectivity index (χ1v) is 13.4. The summed E-state index contributed by atoms with van der Waals surface area (Å²) < 4.78 is 12.3. The largest absolute Gasteiger partial charge is 0.462 e. The lowest BCUT2D eigenvalue weighted by Crippen LogP contribution is -2.59. The number of unbranched alkanes of at least 4 members (excludes halogenated alkanes) is 1. The summed E-state index contributed by atoms with van der Waals surface area (Å²) in [7, 11) is 0. The molecule has 2 aliphatic heterocycles. The molecule has 2 bridgehead atoms. The number of esters is 1. The van der Waals surface area contributed by atoms with E-state index in [1.807, 2.05) is 36.4 Å². The number of piperidine rings is 1. The van der Waals surface area contributed by atoms with Gasteiger partial charge in [-0.25, -0.2) is 0 Å². The summed E-state index contributed by atoms with van der Waals surface area (Å²) >= 11 is 3.84. The Morgan fingerprint density at radius 3 is 2.56 bits per heavy atom. The number of hydrogen-bond donors (Lipinski definition) is 1. The number of rotatable bonds is 11. The van der Waals surface area contributed by atoms with E-state index >= 15 is 0 Å². The van der Waals surface area contributed by atoms with Crippen LogP contribution < -0.4 is 0 Å². The van der Waals surface area contributed by atoms with E-state index in [0.29, 0.717) is 0 Å². The Bertz CT molecular complexity index is 911. The fourth-order valence-electron chi connectivity index (χ4n) is 5.69. The zero-order chi connectivity index (χ0) is 24.0.